The third kappa shape index (κ3) is 4.49. The lowest BCUT2D eigenvalue weighted by Gasteiger charge is -2.21. The number of benzene rings is 2. The third-order valence-corrected chi connectivity index (χ3v) is 4.54. The second kappa shape index (κ2) is 8.57. The van der Waals surface area contributed by atoms with Crippen LogP contribution in [0.1, 0.15) is 22.8 Å². The zero-order chi connectivity index (χ0) is 20.1. The molecule has 0 spiro atoms. The molecule has 0 atom stereocenters. The second-order valence-electron chi connectivity index (χ2n) is 6.89. The first-order valence-corrected chi connectivity index (χ1v) is 9.37. The zero-order valence-corrected chi connectivity index (χ0v) is 16.8. The van der Waals surface area contributed by atoms with Crippen molar-refractivity contribution in [2.75, 3.05) is 35.8 Å². The van der Waals surface area contributed by atoms with E-state index in [0.29, 0.717) is 17.9 Å². The molecule has 5 heteroatoms. The molecule has 1 N–H and O–H groups in total. The maximum atomic E-state index is 12.9. The molecule has 1 aromatic heterocycles. The molecule has 0 unspecified atom stereocenters. The van der Waals surface area contributed by atoms with Gasteiger partial charge in [-0.2, -0.15) is 0 Å². The molecule has 5 nitrogen and oxygen atoms in total. The van der Waals surface area contributed by atoms with E-state index in [1.165, 1.54) is 0 Å². The van der Waals surface area contributed by atoms with Crippen molar-refractivity contribution < 1.29 is 4.79 Å². The summed E-state index contributed by atoms with van der Waals surface area (Å²) in [5.74, 6) is 0.648. The Hall–Kier alpha value is -3.34. The van der Waals surface area contributed by atoms with Crippen LogP contribution in [0.2, 0.25) is 0 Å². The van der Waals surface area contributed by atoms with Gasteiger partial charge in [-0.1, -0.05) is 12.1 Å². The van der Waals surface area contributed by atoms with Gasteiger partial charge in [0.25, 0.3) is 5.91 Å². The van der Waals surface area contributed by atoms with Gasteiger partial charge >= 0.3 is 0 Å². The highest BCUT2D eigenvalue weighted by Crippen LogP contribution is 2.21. The van der Waals surface area contributed by atoms with E-state index in [9.17, 15) is 4.79 Å². The minimum Gasteiger partial charge on any atom is -0.378 e. The molecular formula is C23H26N4O. The molecule has 0 aliphatic heterocycles. The fourth-order valence-electron chi connectivity index (χ4n) is 2.98. The summed E-state index contributed by atoms with van der Waals surface area (Å²) in [5, 5.41) is 3.26. The Balaban J connectivity index is 1.73. The minimum atomic E-state index is -0.0533. The Labute approximate surface area is 166 Å². The number of pyridine rings is 1. The standard InChI is InChI=1S/C23H26N4O/c1-5-27(21-8-6-7-17(2)15-21)23(28)18-9-14-22(24-16-18)25-19-10-12-20(13-11-19)26(3)4/h6-16H,5H2,1-4H3,(H,24,25). The number of hydrogen-bond donors (Lipinski definition) is 1. The van der Waals surface area contributed by atoms with Crippen LogP contribution >= 0.6 is 0 Å². The predicted octanol–water partition coefficient (Wildman–Crippen LogP) is 4.87. The Morgan fingerprint density at radius 1 is 1.00 bits per heavy atom. The largest absolute Gasteiger partial charge is 0.378 e. The van der Waals surface area contributed by atoms with E-state index in [0.717, 1.165) is 22.6 Å². The molecular weight excluding hydrogens is 348 g/mol. The number of rotatable bonds is 6. The van der Waals surface area contributed by atoms with Crippen molar-refractivity contribution in [3.05, 3.63) is 78.0 Å². The number of hydrogen-bond acceptors (Lipinski definition) is 4. The number of aryl methyl sites for hydroxylation is 1. The lowest BCUT2D eigenvalue weighted by Crippen LogP contribution is -2.30. The molecule has 1 heterocycles. The normalized spacial score (nSPS) is 10.4. The van der Waals surface area contributed by atoms with Crippen molar-refractivity contribution in [1.82, 2.24) is 4.98 Å². The number of amides is 1. The van der Waals surface area contributed by atoms with Crippen molar-refractivity contribution in [1.29, 1.82) is 0 Å². The van der Waals surface area contributed by atoms with Gasteiger partial charge in [-0.25, -0.2) is 4.98 Å². The lowest BCUT2D eigenvalue weighted by molar-refractivity contribution is 0.0988. The fourth-order valence-corrected chi connectivity index (χ4v) is 2.98. The van der Waals surface area contributed by atoms with Crippen LogP contribution in [-0.4, -0.2) is 31.5 Å². The van der Waals surface area contributed by atoms with E-state index in [1.807, 2.05) is 88.6 Å². The Morgan fingerprint density at radius 2 is 1.75 bits per heavy atom. The van der Waals surface area contributed by atoms with Gasteiger partial charge in [0.15, 0.2) is 0 Å². The predicted molar refractivity (Wildman–Crippen MR) is 117 cm³/mol. The summed E-state index contributed by atoms with van der Waals surface area (Å²) in [7, 11) is 4.02. The summed E-state index contributed by atoms with van der Waals surface area (Å²) >= 11 is 0. The summed E-state index contributed by atoms with van der Waals surface area (Å²) in [6.45, 7) is 4.59. The van der Waals surface area contributed by atoms with Crippen molar-refractivity contribution in [2.24, 2.45) is 0 Å². The van der Waals surface area contributed by atoms with E-state index < -0.39 is 0 Å². The van der Waals surface area contributed by atoms with Crippen LogP contribution in [0.4, 0.5) is 22.9 Å². The van der Waals surface area contributed by atoms with Crippen molar-refractivity contribution >= 4 is 28.8 Å². The molecule has 28 heavy (non-hydrogen) atoms. The molecule has 0 radical (unpaired) electrons. The van der Waals surface area contributed by atoms with Gasteiger partial charge in [0, 0.05) is 43.9 Å². The smallest absolute Gasteiger partial charge is 0.259 e. The second-order valence-corrected chi connectivity index (χ2v) is 6.89. The van der Waals surface area contributed by atoms with Crippen molar-refractivity contribution in [2.45, 2.75) is 13.8 Å². The monoisotopic (exact) mass is 374 g/mol. The molecule has 144 valence electrons. The van der Waals surface area contributed by atoms with Crippen LogP contribution < -0.4 is 15.1 Å². The molecule has 0 saturated heterocycles. The summed E-state index contributed by atoms with van der Waals surface area (Å²) in [5.41, 5.74) is 4.68. The maximum Gasteiger partial charge on any atom is 0.259 e. The van der Waals surface area contributed by atoms with Crippen LogP contribution in [0.5, 0.6) is 0 Å². The number of nitrogens with one attached hydrogen (secondary N) is 1. The van der Waals surface area contributed by atoms with Gasteiger partial charge in [0.2, 0.25) is 0 Å². The summed E-state index contributed by atoms with van der Waals surface area (Å²) in [6, 6.07) is 19.7. The van der Waals surface area contributed by atoms with Crippen LogP contribution in [0.15, 0.2) is 66.9 Å². The molecule has 0 aliphatic carbocycles. The van der Waals surface area contributed by atoms with Crippen LogP contribution in [0.3, 0.4) is 0 Å². The molecule has 2 aromatic carbocycles. The highest BCUT2D eigenvalue weighted by molar-refractivity contribution is 6.06. The first kappa shape index (κ1) is 19.4. The van der Waals surface area contributed by atoms with E-state index >= 15 is 0 Å². The highest BCUT2D eigenvalue weighted by Gasteiger charge is 2.16. The number of anilines is 4. The number of nitrogens with zero attached hydrogens (tertiary/aromatic N) is 3. The maximum absolute atomic E-state index is 12.9. The molecule has 3 aromatic rings. The molecule has 3 rings (SSSR count). The molecule has 0 fully saturated rings. The molecule has 0 aliphatic rings. The van der Waals surface area contributed by atoms with E-state index in [1.54, 1.807) is 11.1 Å². The average molecular weight is 374 g/mol. The van der Waals surface area contributed by atoms with Crippen molar-refractivity contribution in [3.63, 3.8) is 0 Å². The van der Waals surface area contributed by atoms with Gasteiger partial charge in [0.05, 0.1) is 5.56 Å². The van der Waals surface area contributed by atoms with E-state index in [4.69, 9.17) is 0 Å². The average Bonchev–Trinajstić information content (AvgIpc) is 2.69. The summed E-state index contributed by atoms with van der Waals surface area (Å²) < 4.78 is 0. The topological polar surface area (TPSA) is 48.5 Å². The quantitative estimate of drug-likeness (QED) is 0.669. The highest BCUT2D eigenvalue weighted by atomic mass is 16.2. The SMILES string of the molecule is CCN(C(=O)c1ccc(Nc2ccc(N(C)C)cc2)nc1)c1cccc(C)c1. The van der Waals surface area contributed by atoms with Crippen molar-refractivity contribution in [3.8, 4) is 0 Å². The number of carbonyl (C=O) groups excluding carboxylic acids is 1. The zero-order valence-electron chi connectivity index (χ0n) is 16.8. The van der Waals surface area contributed by atoms with Gasteiger partial charge in [-0.3, -0.25) is 4.79 Å². The third-order valence-electron chi connectivity index (χ3n) is 4.54. The minimum absolute atomic E-state index is 0.0533. The van der Waals surface area contributed by atoms with E-state index in [-0.39, 0.29) is 5.91 Å². The van der Waals surface area contributed by atoms with Gasteiger partial charge in [-0.05, 0) is 67.9 Å². The summed E-state index contributed by atoms with van der Waals surface area (Å²) in [4.78, 5) is 21.1. The van der Waals surface area contributed by atoms with Gasteiger partial charge in [-0.15, -0.1) is 0 Å². The number of carbonyl (C=O) groups is 1. The molecule has 1 amide bonds. The van der Waals surface area contributed by atoms with Crippen LogP contribution in [0, 0.1) is 6.92 Å². The van der Waals surface area contributed by atoms with Gasteiger partial charge < -0.3 is 15.1 Å². The Bertz CT molecular complexity index is 934. The molecule has 0 saturated carbocycles. The summed E-state index contributed by atoms with van der Waals surface area (Å²) in [6.07, 6.45) is 1.62. The number of aromatic nitrogens is 1. The van der Waals surface area contributed by atoms with Crippen LogP contribution in [0.25, 0.3) is 0 Å². The Kier molecular flexibility index (Phi) is 5.94. The Morgan fingerprint density at radius 3 is 2.32 bits per heavy atom. The van der Waals surface area contributed by atoms with Gasteiger partial charge in [0.1, 0.15) is 5.82 Å². The van der Waals surface area contributed by atoms with Crippen LogP contribution in [-0.2, 0) is 0 Å². The molecule has 0 bridgehead atoms. The lowest BCUT2D eigenvalue weighted by atomic mass is 10.1. The fraction of sp³-hybridized carbons (Fsp3) is 0.217. The first-order chi connectivity index (χ1) is 13.5. The first-order valence-electron chi connectivity index (χ1n) is 9.37. The van der Waals surface area contributed by atoms with E-state index in [2.05, 4.69) is 15.2 Å².